The molecule has 1 aromatic carbocycles. The third-order valence-corrected chi connectivity index (χ3v) is 3.80. The van der Waals surface area contributed by atoms with Crippen molar-refractivity contribution in [3.63, 3.8) is 0 Å². The first-order valence-corrected chi connectivity index (χ1v) is 6.76. The first-order valence-electron chi connectivity index (χ1n) is 5.30. The van der Waals surface area contributed by atoms with E-state index in [2.05, 4.69) is 27.6 Å². The number of ether oxygens (including phenoxy) is 1. The van der Waals surface area contributed by atoms with Crippen molar-refractivity contribution in [1.82, 2.24) is 9.55 Å². The van der Waals surface area contributed by atoms with Crippen molar-refractivity contribution in [2.75, 3.05) is 0 Å². The van der Waals surface area contributed by atoms with Crippen LogP contribution in [-0.2, 0) is 13.7 Å². The Morgan fingerprint density at radius 1 is 1.58 bits per heavy atom. The van der Waals surface area contributed by atoms with Crippen molar-refractivity contribution in [2.45, 2.75) is 6.61 Å². The lowest BCUT2D eigenvalue weighted by Gasteiger charge is -2.09. The normalized spacial score (nSPS) is 10.5. The molecule has 7 heteroatoms. The van der Waals surface area contributed by atoms with Gasteiger partial charge in [0.1, 0.15) is 23.3 Å². The van der Waals surface area contributed by atoms with Crippen LogP contribution in [0.5, 0.6) is 5.75 Å². The van der Waals surface area contributed by atoms with E-state index < -0.39 is 5.97 Å². The van der Waals surface area contributed by atoms with Crippen LogP contribution >= 0.6 is 34.2 Å². The summed E-state index contributed by atoms with van der Waals surface area (Å²) < 4.78 is 8.13. The number of aromatic nitrogens is 2. The summed E-state index contributed by atoms with van der Waals surface area (Å²) in [7, 11) is 1.78. The summed E-state index contributed by atoms with van der Waals surface area (Å²) in [5.41, 5.74) is 0.188. The molecule has 2 aromatic rings. The van der Waals surface area contributed by atoms with Gasteiger partial charge in [-0.25, -0.2) is 9.78 Å². The van der Waals surface area contributed by atoms with Gasteiger partial charge in [0.05, 0.1) is 15.3 Å². The fraction of sp³-hybridized carbons (Fsp3) is 0.167. The van der Waals surface area contributed by atoms with Crippen molar-refractivity contribution >= 4 is 40.2 Å². The second kappa shape index (κ2) is 5.79. The molecule has 0 amide bonds. The summed E-state index contributed by atoms with van der Waals surface area (Å²) in [6.07, 6.45) is 1.54. The zero-order valence-electron chi connectivity index (χ0n) is 9.93. The lowest BCUT2D eigenvalue weighted by Crippen LogP contribution is -2.05. The summed E-state index contributed by atoms with van der Waals surface area (Å²) >= 11 is 7.96. The number of hydrogen-bond acceptors (Lipinski definition) is 3. The number of aromatic carboxylic acids is 1. The lowest BCUT2D eigenvalue weighted by atomic mass is 10.2. The molecular weight excluding hydrogens is 382 g/mol. The molecule has 0 aliphatic carbocycles. The number of hydrogen-bond donors (Lipinski definition) is 1. The van der Waals surface area contributed by atoms with Gasteiger partial charge in [0.25, 0.3) is 0 Å². The second-order valence-electron chi connectivity index (χ2n) is 3.80. The third kappa shape index (κ3) is 3.19. The molecule has 0 aliphatic rings. The molecule has 100 valence electrons. The van der Waals surface area contributed by atoms with Gasteiger partial charge in [-0.1, -0.05) is 11.6 Å². The Labute approximate surface area is 128 Å². The molecular formula is C12H10ClIN2O3. The van der Waals surface area contributed by atoms with E-state index in [-0.39, 0.29) is 12.2 Å². The largest absolute Gasteiger partial charge is 0.485 e. The zero-order chi connectivity index (χ0) is 14.0. The SMILES string of the molecule is Cn1c(Cl)cnc1COc1cc(C(=O)O)ccc1I. The molecule has 0 radical (unpaired) electrons. The molecule has 0 saturated carbocycles. The molecule has 1 N–H and O–H groups in total. The van der Waals surface area contributed by atoms with E-state index >= 15 is 0 Å². The average molecular weight is 393 g/mol. The van der Waals surface area contributed by atoms with E-state index in [1.807, 2.05) is 0 Å². The lowest BCUT2D eigenvalue weighted by molar-refractivity contribution is 0.0696. The van der Waals surface area contributed by atoms with E-state index in [9.17, 15) is 4.79 Å². The summed E-state index contributed by atoms with van der Waals surface area (Å²) in [4.78, 5) is 15.0. The number of rotatable bonds is 4. The van der Waals surface area contributed by atoms with Crippen LogP contribution < -0.4 is 4.74 Å². The molecule has 0 atom stereocenters. The standard InChI is InChI=1S/C12H10ClIN2O3/c1-16-10(13)5-15-11(16)6-19-9-4-7(12(17)18)2-3-8(9)14/h2-5H,6H2,1H3,(H,17,18). The van der Waals surface area contributed by atoms with E-state index in [4.69, 9.17) is 21.4 Å². The summed E-state index contributed by atoms with van der Waals surface area (Å²) in [5.74, 6) is 0.197. The molecule has 0 bridgehead atoms. The minimum Gasteiger partial charge on any atom is -0.485 e. The fourth-order valence-electron chi connectivity index (χ4n) is 1.45. The Bertz CT molecular complexity index is 627. The van der Waals surface area contributed by atoms with Crippen molar-refractivity contribution in [1.29, 1.82) is 0 Å². The summed E-state index contributed by atoms with van der Waals surface area (Å²) in [6.45, 7) is 0.224. The van der Waals surface area contributed by atoms with Crippen molar-refractivity contribution in [2.24, 2.45) is 7.05 Å². The van der Waals surface area contributed by atoms with E-state index in [0.717, 1.165) is 3.57 Å². The Morgan fingerprint density at radius 3 is 2.89 bits per heavy atom. The number of nitrogens with zero attached hydrogens (tertiary/aromatic N) is 2. The number of carbonyl (C=O) groups is 1. The zero-order valence-corrected chi connectivity index (χ0v) is 12.8. The van der Waals surface area contributed by atoms with Gasteiger partial charge in [0.15, 0.2) is 0 Å². The monoisotopic (exact) mass is 392 g/mol. The summed E-state index contributed by atoms with van der Waals surface area (Å²) in [5, 5.41) is 9.46. The Hall–Kier alpha value is -1.28. The van der Waals surface area contributed by atoms with Crippen molar-refractivity contribution in [3.05, 3.63) is 44.5 Å². The Morgan fingerprint density at radius 2 is 2.32 bits per heavy atom. The highest BCUT2D eigenvalue weighted by molar-refractivity contribution is 14.1. The van der Waals surface area contributed by atoms with Gasteiger partial charge < -0.3 is 14.4 Å². The number of carboxylic acids is 1. The van der Waals surface area contributed by atoms with Gasteiger partial charge in [0, 0.05) is 7.05 Å². The van der Waals surface area contributed by atoms with Gasteiger partial charge in [-0.3, -0.25) is 0 Å². The molecule has 2 rings (SSSR count). The molecule has 0 fully saturated rings. The highest BCUT2D eigenvalue weighted by atomic mass is 127. The van der Waals surface area contributed by atoms with Gasteiger partial charge in [-0.05, 0) is 40.8 Å². The van der Waals surface area contributed by atoms with Crippen LogP contribution in [0.1, 0.15) is 16.2 Å². The predicted octanol–water partition coefficient (Wildman–Crippen LogP) is 2.96. The highest BCUT2D eigenvalue weighted by Crippen LogP contribution is 2.23. The molecule has 5 nitrogen and oxygen atoms in total. The van der Waals surface area contributed by atoms with Crippen LogP contribution in [0.15, 0.2) is 24.4 Å². The molecule has 0 saturated heterocycles. The van der Waals surface area contributed by atoms with Crippen LogP contribution in [-0.4, -0.2) is 20.6 Å². The Kier molecular flexibility index (Phi) is 4.31. The Balaban J connectivity index is 2.17. The van der Waals surface area contributed by atoms with Crippen molar-refractivity contribution < 1.29 is 14.6 Å². The van der Waals surface area contributed by atoms with Gasteiger partial charge >= 0.3 is 5.97 Å². The molecule has 0 aliphatic heterocycles. The first-order chi connectivity index (χ1) is 8.99. The highest BCUT2D eigenvalue weighted by Gasteiger charge is 2.10. The molecule has 1 aromatic heterocycles. The molecule has 0 unspecified atom stereocenters. The number of benzene rings is 1. The average Bonchev–Trinajstić information content (AvgIpc) is 2.69. The van der Waals surface area contributed by atoms with E-state index in [1.165, 1.54) is 12.1 Å². The number of imidazole rings is 1. The third-order valence-electron chi connectivity index (χ3n) is 2.56. The van der Waals surface area contributed by atoms with Crippen LogP contribution in [0.3, 0.4) is 0 Å². The fourth-order valence-corrected chi connectivity index (χ4v) is 2.09. The first kappa shape index (κ1) is 14.1. The quantitative estimate of drug-likeness (QED) is 0.813. The van der Waals surface area contributed by atoms with Crippen LogP contribution in [0.25, 0.3) is 0 Å². The van der Waals surface area contributed by atoms with Crippen LogP contribution in [0.2, 0.25) is 5.15 Å². The van der Waals surface area contributed by atoms with Gasteiger partial charge in [-0.2, -0.15) is 0 Å². The van der Waals surface area contributed by atoms with Crippen LogP contribution in [0, 0.1) is 3.57 Å². The maximum Gasteiger partial charge on any atom is 0.335 e. The summed E-state index contributed by atoms with van der Waals surface area (Å²) in [6, 6.07) is 4.73. The van der Waals surface area contributed by atoms with Crippen molar-refractivity contribution in [3.8, 4) is 5.75 Å². The minimum atomic E-state index is -0.985. The van der Waals surface area contributed by atoms with E-state index in [1.54, 1.807) is 23.9 Å². The van der Waals surface area contributed by atoms with Crippen LogP contribution in [0.4, 0.5) is 0 Å². The number of carboxylic acid groups (broad SMARTS) is 1. The predicted molar refractivity (Wildman–Crippen MR) is 78.7 cm³/mol. The van der Waals surface area contributed by atoms with E-state index in [0.29, 0.717) is 16.7 Å². The second-order valence-corrected chi connectivity index (χ2v) is 5.34. The van der Waals surface area contributed by atoms with Gasteiger partial charge in [0.2, 0.25) is 0 Å². The smallest absolute Gasteiger partial charge is 0.335 e. The maximum absolute atomic E-state index is 10.9. The molecule has 0 spiro atoms. The minimum absolute atomic E-state index is 0.188. The molecule has 1 heterocycles. The van der Waals surface area contributed by atoms with Gasteiger partial charge in [-0.15, -0.1) is 0 Å². The topological polar surface area (TPSA) is 64.4 Å². The number of halogens is 2. The maximum atomic E-state index is 10.9. The molecule has 19 heavy (non-hydrogen) atoms.